The number of carbonyl (C=O) groups excluding carboxylic acids is 2. The molecule has 2 heterocycles. The van der Waals surface area contributed by atoms with Gasteiger partial charge < -0.3 is 28.5 Å². The second-order valence-corrected chi connectivity index (χ2v) is 10.9. The number of benzene rings is 1. The Bertz CT molecular complexity index is 1460. The lowest BCUT2D eigenvalue weighted by molar-refractivity contribution is 0.0494. The Morgan fingerprint density at radius 2 is 1.95 bits per heavy atom. The van der Waals surface area contributed by atoms with E-state index in [4.69, 9.17) is 18.6 Å². The molecule has 0 saturated heterocycles. The van der Waals surface area contributed by atoms with Gasteiger partial charge in [0.1, 0.15) is 22.7 Å². The first kappa shape index (κ1) is 25.9. The zero-order chi connectivity index (χ0) is 27.2. The summed E-state index contributed by atoms with van der Waals surface area (Å²) in [5, 5.41) is 3.37. The molecule has 9 nitrogen and oxygen atoms in total. The highest BCUT2D eigenvalue weighted by Crippen LogP contribution is 2.44. The number of hydrogen-bond acceptors (Lipinski definition) is 7. The number of aromatic nitrogens is 1. The van der Waals surface area contributed by atoms with Gasteiger partial charge in [-0.25, -0.2) is 9.59 Å². The summed E-state index contributed by atoms with van der Waals surface area (Å²) in [4.78, 5) is 38.3. The minimum atomic E-state index is -0.626. The SMILES string of the molecule is CCOC(=O)c1cn(C2CC2)c2c(OC)c(-c3cc4c(o3)CCCC4NC(=O)OC(C)(C)C)ccc2c1=O. The van der Waals surface area contributed by atoms with Crippen LogP contribution in [0.4, 0.5) is 4.79 Å². The van der Waals surface area contributed by atoms with Gasteiger partial charge in [-0.1, -0.05) is 0 Å². The third-order valence-electron chi connectivity index (χ3n) is 6.86. The molecule has 202 valence electrons. The number of nitrogens with one attached hydrogen (secondary N) is 1. The standard InChI is InChI=1S/C29H34N2O7/c1-6-36-27(33)20-15-31(16-10-11-16)24-18(25(20)32)13-12-17(26(24)35-5)23-14-19-21(8-7-9-22(19)37-23)30-28(34)38-29(2,3)4/h12-16,21H,6-11H2,1-5H3,(H,30,34). The topological polar surface area (TPSA) is 109 Å². The summed E-state index contributed by atoms with van der Waals surface area (Å²) in [6.07, 6.45) is 5.42. The van der Waals surface area contributed by atoms with Crippen LogP contribution in [-0.4, -0.2) is 35.9 Å². The van der Waals surface area contributed by atoms with Crippen LogP contribution >= 0.6 is 0 Å². The Morgan fingerprint density at radius 3 is 2.61 bits per heavy atom. The molecule has 1 N–H and O–H groups in total. The lowest BCUT2D eigenvalue weighted by atomic mass is 9.93. The maximum absolute atomic E-state index is 13.3. The molecule has 3 aromatic rings. The van der Waals surface area contributed by atoms with E-state index in [0.717, 1.165) is 43.4 Å². The first-order chi connectivity index (χ1) is 18.1. The van der Waals surface area contributed by atoms with Gasteiger partial charge in [0.15, 0.2) is 5.75 Å². The minimum absolute atomic E-state index is 0.0191. The second-order valence-electron chi connectivity index (χ2n) is 10.9. The third-order valence-corrected chi connectivity index (χ3v) is 6.86. The van der Waals surface area contributed by atoms with Gasteiger partial charge in [0.25, 0.3) is 0 Å². The van der Waals surface area contributed by atoms with Gasteiger partial charge in [0, 0.05) is 24.2 Å². The van der Waals surface area contributed by atoms with Gasteiger partial charge in [0.2, 0.25) is 5.43 Å². The molecule has 9 heteroatoms. The number of amides is 1. The highest BCUT2D eigenvalue weighted by molar-refractivity contribution is 5.98. The average Bonchev–Trinajstić information content (AvgIpc) is 3.60. The number of pyridine rings is 1. The second kappa shape index (κ2) is 9.85. The van der Waals surface area contributed by atoms with Gasteiger partial charge in [-0.15, -0.1) is 0 Å². The molecule has 1 unspecified atom stereocenters. The number of esters is 1. The van der Waals surface area contributed by atoms with Crippen LogP contribution in [0, 0.1) is 0 Å². The molecule has 38 heavy (non-hydrogen) atoms. The molecule has 0 aliphatic heterocycles. The first-order valence-electron chi connectivity index (χ1n) is 13.2. The van der Waals surface area contributed by atoms with Crippen LogP contribution in [0.25, 0.3) is 22.2 Å². The van der Waals surface area contributed by atoms with E-state index in [1.54, 1.807) is 32.4 Å². The fourth-order valence-electron chi connectivity index (χ4n) is 5.10. The van der Waals surface area contributed by atoms with Crippen molar-refractivity contribution in [1.82, 2.24) is 9.88 Å². The number of nitrogens with zero attached hydrogens (tertiary/aromatic N) is 1. The minimum Gasteiger partial charge on any atom is -0.494 e. The van der Waals surface area contributed by atoms with E-state index in [0.29, 0.717) is 28.0 Å². The summed E-state index contributed by atoms with van der Waals surface area (Å²) in [6, 6.07) is 5.38. The van der Waals surface area contributed by atoms with E-state index < -0.39 is 17.7 Å². The summed E-state index contributed by atoms with van der Waals surface area (Å²) < 4.78 is 24.7. The van der Waals surface area contributed by atoms with Gasteiger partial charge in [-0.05, 0) is 71.6 Å². The van der Waals surface area contributed by atoms with Crippen LogP contribution in [0.15, 0.2) is 33.6 Å². The van der Waals surface area contributed by atoms with Crippen LogP contribution < -0.4 is 15.5 Å². The summed E-state index contributed by atoms with van der Waals surface area (Å²) in [5.74, 6) is 1.28. The maximum atomic E-state index is 13.3. The molecule has 0 bridgehead atoms. The molecular formula is C29H34N2O7. The number of furan rings is 1. The van der Waals surface area contributed by atoms with Crippen molar-refractivity contribution in [1.29, 1.82) is 0 Å². The monoisotopic (exact) mass is 522 g/mol. The first-order valence-corrected chi connectivity index (χ1v) is 13.2. The number of ether oxygens (including phenoxy) is 3. The van der Waals surface area contributed by atoms with Crippen LogP contribution in [-0.2, 0) is 15.9 Å². The maximum Gasteiger partial charge on any atom is 0.408 e. The Kier molecular flexibility index (Phi) is 6.71. The average molecular weight is 523 g/mol. The van der Waals surface area contributed by atoms with Crippen LogP contribution in [0.2, 0.25) is 0 Å². The van der Waals surface area contributed by atoms with Crippen molar-refractivity contribution in [3.05, 3.63) is 51.5 Å². The van der Waals surface area contributed by atoms with E-state index in [-0.39, 0.29) is 29.7 Å². The van der Waals surface area contributed by atoms with Crippen molar-refractivity contribution in [2.75, 3.05) is 13.7 Å². The fraction of sp³-hybridized carbons (Fsp3) is 0.483. The van der Waals surface area contributed by atoms with Crippen molar-refractivity contribution in [3.63, 3.8) is 0 Å². The molecule has 1 fully saturated rings. The zero-order valence-electron chi connectivity index (χ0n) is 22.5. The normalized spacial score (nSPS) is 17.1. The number of hydrogen-bond donors (Lipinski definition) is 1. The van der Waals surface area contributed by atoms with Crippen LogP contribution in [0.3, 0.4) is 0 Å². The molecular weight excluding hydrogens is 488 g/mol. The van der Waals surface area contributed by atoms with Crippen molar-refractivity contribution in [2.45, 2.75) is 77.5 Å². The smallest absolute Gasteiger partial charge is 0.408 e. The molecule has 1 saturated carbocycles. The number of methoxy groups -OCH3 is 1. The zero-order valence-corrected chi connectivity index (χ0v) is 22.5. The van der Waals surface area contributed by atoms with Gasteiger partial charge in [-0.2, -0.15) is 0 Å². The van der Waals surface area contributed by atoms with Crippen molar-refractivity contribution in [3.8, 4) is 17.1 Å². The summed E-state index contributed by atoms with van der Waals surface area (Å²) in [6.45, 7) is 7.40. The van der Waals surface area contributed by atoms with Crippen molar-refractivity contribution in [2.24, 2.45) is 0 Å². The van der Waals surface area contributed by atoms with Gasteiger partial charge in [-0.3, -0.25) is 4.79 Å². The lowest BCUT2D eigenvalue weighted by Crippen LogP contribution is -2.35. The number of fused-ring (bicyclic) bond motifs is 2. The fourth-order valence-corrected chi connectivity index (χ4v) is 5.10. The molecule has 2 aliphatic carbocycles. The largest absolute Gasteiger partial charge is 0.494 e. The van der Waals surface area contributed by atoms with E-state index in [2.05, 4.69) is 5.32 Å². The molecule has 1 amide bonds. The highest BCUT2D eigenvalue weighted by Gasteiger charge is 2.32. The quantitative estimate of drug-likeness (QED) is 0.415. The highest BCUT2D eigenvalue weighted by atomic mass is 16.6. The number of carbonyl (C=O) groups is 2. The molecule has 2 aliphatic rings. The van der Waals surface area contributed by atoms with Gasteiger partial charge >= 0.3 is 12.1 Å². The number of rotatable bonds is 6. The lowest BCUT2D eigenvalue weighted by Gasteiger charge is -2.25. The van der Waals surface area contributed by atoms with Crippen LogP contribution in [0.1, 0.15) is 87.1 Å². The molecule has 5 rings (SSSR count). The third kappa shape index (κ3) is 4.89. The molecule has 1 atom stereocenters. The van der Waals surface area contributed by atoms with Gasteiger partial charge in [0.05, 0.1) is 36.2 Å². The Morgan fingerprint density at radius 1 is 1.18 bits per heavy atom. The van der Waals surface area contributed by atoms with Crippen molar-refractivity contribution < 1.29 is 28.2 Å². The summed E-state index contributed by atoms with van der Waals surface area (Å²) >= 11 is 0. The molecule has 2 aromatic heterocycles. The summed E-state index contributed by atoms with van der Waals surface area (Å²) in [5.41, 5.74) is 1.28. The van der Waals surface area contributed by atoms with Crippen LogP contribution in [0.5, 0.6) is 5.75 Å². The molecule has 1 aromatic carbocycles. The Labute approximate surface area is 221 Å². The van der Waals surface area contributed by atoms with E-state index >= 15 is 0 Å². The predicted octanol–water partition coefficient (Wildman–Crippen LogP) is 5.68. The predicted molar refractivity (Wildman–Crippen MR) is 142 cm³/mol. The molecule has 0 radical (unpaired) electrons. The summed E-state index contributed by atoms with van der Waals surface area (Å²) in [7, 11) is 1.56. The number of aryl methyl sites for hydroxylation is 1. The Balaban J connectivity index is 1.59. The number of alkyl carbamates (subject to hydrolysis) is 1. The molecule has 0 spiro atoms. The van der Waals surface area contributed by atoms with E-state index in [9.17, 15) is 14.4 Å². The van der Waals surface area contributed by atoms with E-state index in [1.165, 1.54) is 0 Å². The van der Waals surface area contributed by atoms with E-state index in [1.807, 2.05) is 31.4 Å². The van der Waals surface area contributed by atoms with Crippen molar-refractivity contribution >= 4 is 23.0 Å². The Hall–Kier alpha value is -3.75.